The molecule has 0 unspecified atom stereocenters. The number of nitrogen functional groups attached to an aromatic ring is 1. The van der Waals surface area contributed by atoms with Crippen molar-refractivity contribution in [2.24, 2.45) is 0 Å². The minimum atomic E-state index is -3.64. The Morgan fingerprint density at radius 3 is 2.53 bits per heavy atom. The van der Waals surface area contributed by atoms with Gasteiger partial charge in [0.25, 0.3) is 0 Å². The first-order valence-corrected chi connectivity index (χ1v) is 6.81. The summed E-state index contributed by atoms with van der Waals surface area (Å²) in [4.78, 5) is -0.0376. The predicted molar refractivity (Wildman–Crippen MR) is 63.5 cm³/mol. The lowest BCUT2D eigenvalue weighted by atomic mass is 10.2. The van der Waals surface area contributed by atoms with Crippen molar-refractivity contribution in [1.82, 2.24) is 4.31 Å². The molecule has 0 atom stereocenters. The maximum Gasteiger partial charge on any atom is 0.243 e. The molecule has 1 aromatic carbocycles. The van der Waals surface area contributed by atoms with Crippen molar-refractivity contribution in [2.75, 3.05) is 12.8 Å². The van der Waals surface area contributed by atoms with E-state index in [-0.39, 0.29) is 22.2 Å². The molecule has 94 valence electrons. The van der Waals surface area contributed by atoms with Crippen molar-refractivity contribution < 1.29 is 12.8 Å². The Kier molecular flexibility index (Phi) is 2.87. The summed E-state index contributed by atoms with van der Waals surface area (Å²) in [5.74, 6) is -0.590. The van der Waals surface area contributed by atoms with Gasteiger partial charge in [-0.15, -0.1) is 0 Å². The van der Waals surface area contributed by atoms with Gasteiger partial charge in [-0.05, 0) is 31.9 Å². The fourth-order valence-electron chi connectivity index (χ4n) is 1.73. The Morgan fingerprint density at radius 1 is 1.41 bits per heavy atom. The van der Waals surface area contributed by atoms with Crippen LogP contribution in [0.1, 0.15) is 18.4 Å². The topological polar surface area (TPSA) is 63.4 Å². The summed E-state index contributed by atoms with van der Waals surface area (Å²) in [6.45, 7) is 1.45. The molecule has 1 aliphatic carbocycles. The number of sulfonamides is 1. The van der Waals surface area contributed by atoms with Gasteiger partial charge in [0.1, 0.15) is 5.82 Å². The van der Waals surface area contributed by atoms with E-state index in [0.717, 1.165) is 18.9 Å². The monoisotopic (exact) mass is 258 g/mol. The second-order valence-corrected chi connectivity index (χ2v) is 6.34. The number of rotatable bonds is 3. The largest absolute Gasteiger partial charge is 0.399 e. The average Bonchev–Trinajstić information content (AvgIpc) is 3.05. The van der Waals surface area contributed by atoms with Crippen LogP contribution in [-0.2, 0) is 10.0 Å². The number of anilines is 1. The maximum absolute atomic E-state index is 13.5. The SMILES string of the molecule is Cc1c(F)cc(N)cc1S(=O)(=O)N(C)C1CC1. The molecule has 1 aromatic rings. The first kappa shape index (κ1) is 12.3. The molecule has 0 spiro atoms. The number of hydrogen-bond acceptors (Lipinski definition) is 3. The number of hydrogen-bond donors (Lipinski definition) is 1. The highest BCUT2D eigenvalue weighted by Crippen LogP contribution is 2.32. The molecule has 17 heavy (non-hydrogen) atoms. The van der Waals surface area contributed by atoms with Crippen molar-refractivity contribution >= 4 is 15.7 Å². The summed E-state index contributed by atoms with van der Waals surface area (Å²) in [7, 11) is -2.12. The predicted octanol–water partition coefficient (Wildman–Crippen LogP) is 1.50. The second kappa shape index (κ2) is 3.96. The smallest absolute Gasteiger partial charge is 0.243 e. The fraction of sp³-hybridized carbons (Fsp3) is 0.455. The normalized spacial score (nSPS) is 16.5. The molecule has 2 N–H and O–H groups in total. The molecule has 0 radical (unpaired) electrons. The third-order valence-corrected chi connectivity index (χ3v) is 5.07. The quantitative estimate of drug-likeness (QED) is 0.836. The van der Waals surface area contributed by atoms with E-state index in [1.54, 1.807) is 0 Å². The zero-order valence-electron chi connectivity index (χ0n) is 9.77. The molecule has 0 saturated heterocycles. The molecule has 0 bridgehead atoms. The molecule has 1 saturated carbocycles. The molecule has 0 aliphatic heterocycles. The molecule has 0 amide bonds. The summed E-state index contributed by atoms with van der Waals surface area (Å²) in [5.41, 5.74) is 5.73. The third kappa shape index (κ3) is 2.14. The van der Waals surface area contributed by atoms with Crippen LogP contribution < -0.4 is 5.73 Å². The van der Waals surface area contributed by atoms with Gasteiger partial charge in [-0.3, -0.25) is 0 Å². The van der Waals surface area contributed by atoms with E-state index < -0.39 is 15.8 Å². The number of halogens is 1. The first-order valence-electron chi connectivity index (χ1n) is 5.37. The molecule has 2 rings (SSSR count). The van der Waals surface area contributed by atoms with Crippen LogP contribution in [0, 0.1) is 12.7 Å². The highest BCUT2D eigenvalue weighted by atomic mass is 32.2. The molecule has 6 heteroatoms. The van der Waals surface area contributed by atoms with E-state index in [4.69, 9.17) is 5.73 Å². The Morgan fingerprint density at radius 2 is 2.00 bits per heavy atom. The summed E-state index contributed by atoms with van der Waals surface area (Å²) in [6, 6.07) is 2.49. The number of nitrogens with zero attached hydrogens (tertiary/aromatic N) is 1. The van der Waals surface area contributed by atoms with Crippen molar-refractivity contribution in [1.29, 1.82) is 0 Å². The van der Waals surface area contributed by atoms with Crippen LogP contribution in [0.5, 0.6) is 0 Å². The van der Waals surface area contributed by atoms with Crippen LogP contribution in [0.3, 0.4) is 0 Å². The summed E-state index contributed by atoms with van der Waals surface area (Å²) in [5, 5.41) is 0. The Hall–Kier alpha value is -1.14. The van der Waals surface area contributed by atoms with Crippen molar-refractivity contribution in [3.8, 4) is 0 Å². The summed E-state index contributed by atoms with van der Waals surface area (Å²) >= 11 is 0. The van der Waals surface area contributed by atoms with E-state index in [1.165, 1.54) is 24.3 Å². The van der Waals surface area contributed by atoms with E-state index in [9.17, 15) is 12.8 Å². The number of benzene rings is 1. The maximum atomic E-state index is 13.5. The minimum Gasteiger partial charge on any atom is -0.399 e. The zero-order chi connectivity index (χ0) is 12.8. The van der Waals surface area contributed by atoms with E-state index >= 15 is 0 Å². The van der Waals surface area contributed by atoms with Gasteiger partial charge in [0, 0.05) is 24.3 Å². The van der Waals surface area contributed by atoms with Crippen molar-refractivity contribution in [2.45, 2.75) is 30.7 Å². The first-order chi connectivity index (χ1) is 7.84. The minimum absolute atomic E-state index is 0.0376. The van der Waals surface area contributed by atoms with Crippen molar-refractivity contribution in [3.63, 3.8) is 0 Å². The van der Waals surface area contributed by atoms with E-state index in [2.05, 4.69) is 0 Å². The highest BCUT2D eigenvalue weighted by Gasteiger charge is 2.36. The lowest BCUT2D eigenvalue weighted by Gasteiger charge is -2.18. The molecule has 0 aromatic heterocycles. The van der Waals surface area contributed by atoms with Gasteiger partial charge in [0.05, 0.1) is 4.90 Å². The molecule has 1 fully saturated rings. The summed E-state index contributed by atoms with van der Waals surface area (Å²) in [6.07, 6.45) is 1.72. The van der Waals surface area contributed by atoms with E-state index in [0.29, 0.717) is 0 Å². The molecular weight excluding hydrogens is 243 g/mol. The van der Waals surface area contributed by atoms with Gasteiger partial charge in [-0.25, -0.2) is 12.8 Å². The van der Waals surface area contributed by atoms with Gasteiger partial charge >= 0.3 is 0 Å². The Bertz CT molecular complexity index is 553. The van der Waals surface area contributed by atoms with Crippen LogP contribution >= 0.6 is 0 Å². The van der Waals surface area contributed by atoms with Gasteiger partial charge in [0.15, 0.2) is 0 Å². The van der Waals surface area contributed by atoms with Crippen LogP contribution in [0.15, 0.2) is 17.0 Å². The zero-order valence-corrected chi connectivity index (χ0v) is 10.6. The van der Waals surface area contributed by atoms with Gasteiger partial charge < -0.3 is 5.73 Å². The highest BCUT2D eigenvalue weighted by molar-refractivity contribution is 7.89. The van der Waals surface area contributed by atoms with Crippen LogP contribution in [0.2, 0.25) is 0 Å². The van der Waals surface area contributed by atoms with Gasteiger partial charge in [-0.2, -0.15) is 4.31 Å². The second-order valence-electron chi connectivity index (χ2n) is 4.38. The van der Waals surface area contributed by atoms with Gasteiger partial charge in [0.2, 0.25) is 10.0 Å². The van der Waals surface area contributed by atoms with Crippen LogP contribution in [0.4, 0.5) is 10.1 Å². The van der Waals surface area contributed by atoms with Crippen molar-refractivity contribution in [3.05, 3.63) is 23.5 Å². The number of nitrogens with two attached hydrogens (primary N) is 1. The lowest BCUT2D eigenvalue weighted by Crippen LogP contribution is -2.29. The lowest BCUT2D eigenvalue weighted by molar-refractivity contribution is 0.463. The molecule has 4 nitrogen and oxygen atoms in total. The van der Waals surface area contributed by atoms with Crippen LogP contribution in [-0.4, -0.2) is 25.8 Å². The standard InChI is InChI=1S/C11H15FN2O2S/c1-7-10(12)5-8(13)6-11(7)17(15,16)14(2)9-3-4-9/h5-6,9H,3-4,13H2,1-2H3. The van der Waals surface area contributed by atoms with Gasteiger partial charge in [-0.1, -0.05) is 0 Å². The summed E-state index contributed by atoms with van der Waals surface area (Å²) < 4.78 is 39.3. The Labute approximate surface area is 100 Å². The average molecular weight is 258 g/mol. The van der Waals surface area contributed by atoms with Crippen LogP contribution in [0.25, 0.3) is 0 Å². The third-order valence-electron chi connectivity index (χ3n) is 3.04. The Balaban J connectivity index is 2.52. The molecule has 1 aliphatic rings. The molecule has 0 heterocycles. The van der Waals surface area contributed by atoms with E-state index in [1.807, 2.05) is 0 Å². The molecular formula is C11H15FN2O2S. The fourth-order valence-corrected chi connectivity index (χ4v) is 3.41.